The molecule has 1 amide bonds. The summed E-state index contributed by atoms with van der Waals surface area (Å²) in [7, 11) is 0. The molecule has 0 bridgehead atoms. The monoisotopic (exact) mass is 343 g/mol. The van der Waals surface area contributed by atoms with Crippen LogP contribution >= 0.6 is 11.8 Å². The van der Waals surface area contributed by atoms with Gasteiger partial charge < -0.3 is 10.1 Å². The molecule has 1 N–H and O–H groups in total. The van der Waals surface area contributed by atoms with Crippen molar-refractivity contribution in [2.75, 3.05) is 18.9 Å². The molecule has 0 aromatic heterocycles. The Morgan fingerprint density at radius 1 is 0.917 bits per heavy atom. The summed E-state index contributed by atoms with van der Waals surface area (Å²) < 4.78 is 5.11. The van der Waals surface area contributed by atoms with Crippen molar-refractivity contribution in [1.82, 2.24) is 5.32 Å². The summed E-state index contributed by atoms with van der Waals surface area (Å²) >= 11 is 1.52. The number of amides is 1. The maximum Gasteiger partial charge on any atom is 0.315 e. The zero-order valence-electron chi connectivity index (χ0n) is 13.4. The van der Waals surface area contributed by atoms with Crippen LogP contribution in [0.3, 0.4) is 0 Å². The Labute approximate surface area is 146 Å². The van der Waals surface area contributed by atoms with Crippen molar-refractivity contribution in [2.45, 2.75) is 12.2 Å². The van der Waals surface area contributed by atoms with Gasteiger partial charge in [0.15, 0.2) is 0 Å². The average molecular weight is 343 g/mol. The fourth-order valence-electron chi connectivity index (χ4n) is 2.07. The second-order valence-electron chi connectivity index (χ2n) is 5.21. The maximum absolute atomic E-state index is 11.7. The molecular formula is C19H21NO3S. The number of hydrogen-bond acceptors (Lipinski definition) is 4. The molecule has 126 valence electrons. The third kappa shape index (κ3) is 7.33. The predicted molar refractivity (Wildman–Crippen MR) is 96.7 cm³/mol. The van der Waals surface area contributed by atoms with Gasteiger partial charge in [-0.3, -0.25) is 9.59 Å². The number of carbonyl (C=O) groups is 2. The fourth-order valence-corrected chi connectivity index (χ4v) is 2.85. The summed E-state index contributed by atoms with van der Waals surface area (Å²) in [6.07, 6.45) is 0.335. The van der Waals surface area contributed by atoms with E-state index in [1.807, 2.05) is 60.7 Å². The lowest BCUT2D eigenvalue weighted by molar-refractivity contribution is -0.140. The van der Waals surface area contributed by atoms with Crippen LogP contribution in [0.2, 0.25) is 0 Å². The lowest BCUT2D eigenvalue weighted by Crippen LogP contribution is -2.29. The van der Waals surface area contributed by atoms with Crippen molar-refractivity contribution in [3.8, 4) is 0 Å². The molecule has 4 nitrogen and oxygen atoms in total. The molecule has 0 spiro atoms. The molecule has 0 radical (unpaired) electrons. The van der Waals surface area contributed by atoms with Crippen molar-refractivity contribution in [3.05, 3.63) is 71.8 Å². The summed E-state index contributed by atoms with van der Waals surface area (Å²) in [5, 5.41) is 2.75. The largest absolute Gasteiger partial charge is 0.463 e. The first-order valence-electron chi connectivity index (χ1n) is 7.82. The molecular weight excluding hydrogens is 322 g/mol. The Bertz CT molecular complexity index is 632. The highest BCUT2D eigenvalue weighted by molar-refractivity contribution is 7.99. The molecule has 2 aromatic rings. The number of benzene rings is 2. The van der Waals surface area contributed by atoms with Gasteiger partial charge in [0.05, 0.1) is 18.7 Å². The summed E-state index contributed by atoms with van der Waals surface area (Å²) in [5.41, 5.74) is 2.15. The minimum absolute atomic E-state index is 0.0734. The number of esters is 1. The van der Waals surface area contributed by atoms with Crippen molar-refractivity contribution in [2.24, 2.45) is 0 Å². The van der Waals surface area contributed by atoms with Gasteiger partial charge in [-0.05, 0) is 11.1 Å². The number of thioether (sulfide) groups is 1. The van der Waals surface area contributed by atoms with Gasteiger partial charge in [0.1, 0.15) is 6.61 Å². The molecule has 0 saturated heterocycles. The highest BCUT2D eigenvalue weighted by atomic mass is 32.2. The molecule has 0 aliphatic rings. The molecule has 0 heterocycles. The van der Waals surface area contributed by atoms with Crippen molar-refractivity contribution >= 4 is 23.6 Å². The Hall–Kier alpha value is -2.27. The van der Waals surface area contributed by atoms with Crippen LogP contribution in [0.15, 0.2) is 60.7 Å². The minimum Gasteiger partial charge on any atom is -0.463 e. The van der Waals surface area contributed by atoms with Crippen molar-refractivity contribution in [3.63, 3.8) is 0 Å². The Balaban J connectivity index is 1.52. The minimum atomic E-state index is -0.256. The molecule has 0 aliphatic heterocycles. The van der Waals surface area contributed by atoms with E-state index in [1.54, 1.807) is 0 Å². The zero-order chi connectivity index (χ0) is 17.0. The molecule has 0 unspecified atom stereocenters. The van der Waals surface area contributed by atoms with Gasteiger partial charge in [-0.2, -0.15) is 0 Å². The summed E-state index contributed by atoms with van der Waals surface area (Å²) in [4.78, 5) is 23.3. The van der Waals surface area contributed by atoms with Crippen LogP contribution in [0.4, 0.5) is 0 Å². The lowest BCUT2D eigenvalue weighted by Gasteiger charge is -2.07. The van der Waals surface area contributed by atoms with Crippen LogP contribution < -0.4 is 5.32 Å². The molecule has 0 fully saturated rings. The lowest BCUT2D eigenvalue weighted by atomic mass is 10.1. The first-order valence-corrected chi connectivity index (χ1v) is 8.97. The highest BCUT2D eigenvalue weighted by Gasteiger charge is 2.05. The number of nitrogens with one attached hydrogen (secondary N) is 1. The summed E-state index contributed by atoms with van der Waals surface area (Å²) in [5.74, 6) is 0.764. The van der Waals surface area contributed by atoms with Crippen molar-refractivity contribution < 1.29 is 14.3 Å². The van der Waals surface area contributed by atoms with E-state index in [0.717, 1.165) is 11.3 Å². The Kier molecular flexibility index (Phi) is 7.90. The zero-order valence-corrected chi connectivity index (χ0v) is 14.3. The topological polar surface area (TPSA) is 55.4 Å². The number of rotatable bonds is 9. The van der Waals surface area contributed by atoms with Crippen LogP contribution in [0.5, 0.6) is 0 Å². The van der Waals surface area contributed by atoms with E-state index in [-0.39, 0.29) is 18.5 Å². The Morgan fingerprint density at radius 3 is 2.21 bits per heavy atom. The van der Waals surface area contributed by atoms with E-state index in [9.17, 15) is 9.59 Å². The number of hydrogen-bond donors (Lipinski definition) is 1. The standard InChI is InChI=1S/C19H21NO3S/c21-18(13-16-7-3-1-4-8-16)20-11-12-23-19(22)15-24-14-17-9-5-2-6-10-17/h1-10H,11-15H2,(H,20,21). The van der Waals surface area contributed by atoms with E-state index < -0.39 is 0 Å². The van der Waals surface area contributed by atoms with E-state index in [2.05, 4.69) is 5.32 Å². The van der Waals surface area contributed by atoms with Gasteiger partial charge in [-0.1, -0.05) is 60.7 Å². The first-order chi connectivity index (χ1) is 11.7. The first kappa shape index (κ1) is 18.1. The van der Waals surface area contributed by atoms with E-state index >= 15 is 0 Å². The quantitative estimate of drug-likeness (QED) is 0.562. The molecule has 2 aromatic carbocycles. The third-order valence-corrected chi connectivity index (χ3v) is 4.20. The second kappa shape index (κ2) is 10.5. The van der Waals surface area contributed by atoms with Gasteiger partial charge in [-0.15, -0.1) is 11.8 Å². The van der Waals surface area contributed by atoms with Gasteiger partial charge in [0.2, 0.25) is 5.91 Å². The van der Waals surface area contributed by atoms with Crippen LogP contribution in [0.25, 0.3) is 0 Å². The van der Waals surface area contributed by atoms with Gasteiger partial charge in [0.25, 0.3) is 0 Å². The molecule has 0 saturated carbocycles. The molecule has 2 rings (SSSR count). The number of ether oxygens (including phenoxy) is 1. The molecule has 5 heteroatoms. The molecule has 24 heavy (non-hydrogen) atoms. The number of carbonyl (C=O) groups excluding carboxylic acids is 2. The second-order valence-corrected chi connectivity index (χ2v) is 6.20. The van der Waals surface area contributed by atoms with Gasteiger partial charge in [0, 0.05) is 5.75 Å². The summed E-state index contributed by atoms with van der Waals surface area (Å²) in [6.45, 7) is 0.534. The summed E-state index contributed by atoms with van der Waals surface area (Å²) in [6, 6.07) is 19.5. The van der Waals surface area contributed by atoms with Crippen molar-refractivity contribution in [1.29, 1.82) is 0 Å². The smallest absolute Gasteiger partial charge is 0.315 e. The van der Waals surface area contributed by atoms with Crippen LogP contribution in [0, 0.1) is 0 Å². The average Bonchev–Trinajstić information content (AvgIpc) is 2.60. The maximum atomic E-state index is 11.7. The Morgan fingerprint density at radius 2 is 1.54 bits per heavy atom. The normalized spacial score (nSPS) is 10.2. The SMILES string of the molecule is O=C(Cc1ccccc1)NCCOC(=O)CSCc1ccccc1. The van der Waals surface area contributed by atoms with Gasteiger partial charge >= 0.3 is 5.97 Å². The van der Waals surface area contributed by atoms with E-state index in [4.69, 9.17) is 4.74 Å². The van der Waals surface area contributed by atoms with Gasteiger partial charge in [-0.25, -0.2) is 0 Å². The fraction of sp³-hybridized carbons (Fsp3) is 0.263. The van der Waals surface area contributed by atoms with Crippen LogP contribution in [-0.2, 0) is 26.5 Å². The van der Waals surface area contributed by atoms with Crippen LogP contribution in [0.1, 0.15) is 11.1 Å². The third-order valence-electron chi connectivity index (χ3n) is 3.23. The van der Waals surface area contributed by atoms with E-state index in [1.165, 1.54) is 17.3 Å². The predicted octanol–water partition coefficient (Wildman–Crippen LogP) is 2.82. The highest BCUT2D eigenvalue weighted by Crippen LogP contribution is 2.11. The molecule has 0 aliphatic carbocycles. The van der Waals surface area contributed by atoms with Crippen LogP contribution in [-0.4, -0.2) is 30.8 Å². The van der Waals surface area contributed by atoms with E-state index in [0.29, 0.717) is 18.7 Å². The molecule has 0 atom stereocenters.